The highest BCUT2D eigenvalue weighted by atomic mass is 15.1. The summed E-state index contributed by atoms with van der Waals surface area (Å²) < 4.78 is 0. The van der Waals surface area contributed by atoms with E-state index in [1.807, 2.05) is 0 Å². The maximum atomic E-state index is 2.37. The van der Waals surface area contributed by atoms with Crippen molar-refractivity contribution in [2.24, 2.45) is 0 Å². The zero-order chi connectivity index (χ0) is 13.7. The average Bonchev–Trinajstić information content (AvgIpc) is 2.44. The molecule has 2 aromatic rings. The highest BCUT2D eigenvalue weighted by Crippen LogP contribution is 2.17. The Balaban J connectivity index is 2.08. The SMILES string of the molecule is CCN(CC)c1ccc(Cc2ccc(C)cc2)cc1. The van der Waals surface area contributed by atoms with E-state index in [1.54, 1.807) is 0 Å². The lowest BCUT2D eigenvalue weighted by molar-refractivity contribution is 0.866. The number of hydrogen-bond donors (Lipinski definition) is 0. The molecule has 0 atom stereocenters. The molecule has 2 aromatic carbocycles. The van der Waals surface area contributed by atoms with E-state index in [0.717, 1.165) is 19.5 Å². The van der Waals surface area contributed by atoms with E-state index in [9.17, 15) is 0 Å². The zero-order valence-corrected chi connectivity index (χ0v) is 12.2. The van der Waals surface area contributed by atoms with Crippen molar-refractivity contribution in [1.82, 2.24) is 0 Å². The van der Waals surface area contributed by atoms with Crippen LogP contribution in [0.2, 0.25) is 0 Å². The third-order valence-corrected chi connectivity index (χ3v) is 3.59. The van der Waals surface area contributed by atoms with E-state index in [1.165, 1.54) is 22.4 Å². The van der Waals surface area contributed by atoms with Crippen molar-refractivity contribution in [3.63, 3.8) is 0 Å². The Bertz CT molecular complexity index is 492. The first-order valence-electron chi connectivity index (χ1n) is 7.12. The monoisotopic (exact) mass is 253 g/mol. The predicted octanol–water partition coefficient (Wildman–Crippen LogP) is 4.43. The first kappa shape index (κ1) is 13.7. The van der Waals surface area contributed by atoms with Crippen molar-refractivity contribution in [2.45, 2.75) is 27.2 Å². The zero-order valence-electron chi connectivity index (χ0n) is 12.2. The van der Waals surface area contributed by atoms with Gasteiger partial charge in [-0.25, -0.2) is 0 Å². The van der Waals surface area contributed by atoms with Crippen molar-refractivity contribution in [2.75, 3.05) is 18.0 Å². The van der Waals surface area contributed by atoms with E-state index in [-0.39, 0.29) is 0 Å². The van der Waals surface area contributed by atoms with Crippen LogP contribution in [-0.2, 0) is 6.42 Å². The lowest BCUT2D eigenvalue weighted by atomic mass is 10.0. The van der Waals surface area contributed by atoms with Gasteiger partial charge in [0.2, 0.25) is 0 Å². The van der Waals surface area contributed by atoms with Crippen molar-refractivity contribution in [3.8, 4) is 0 Å². The summed E-state index contributed by atoms with van der Waals surface area (Å²) >= 11 is 0. The number of hydrogen-bond acceptors (Lipinski definition) is 1. The molecule has 1 heteroatoms. The molecular formula is C18H23N. The van der Waals surface area contributed by atoms with Crippen LogP contribution in [0.25, 0.3) is 0 Å². The Morgan fingerprint density at radius 1 is 0.737 bits per heavy atom. The minimum absolute atomic E-state index is 1.01. The molecule has 1 nitrogen and oxygen atoms in total. The largest absolute Gasteiger partial charge is 0.372 e. The highest BCUT2D eigenvalue weighted by molar-refractivity contribution is 5.48. The number of benzene rings is 2. The molecule has 100 valence electrons. The lowest BCUT2D eigenvalue weighted by Gasteiger charge is -2.21. The molecule has 0 fully saturated rings. The van der Waals surface area contributed by atoms with Crippen LogP contribution in [0.5, 0.6) is 0 Å². The molecule has 19 heavy (non-hydrogen) atoms. The number of anilines is 1. The molecule has 0 saturated carbocycles. The fourth-order valence-corrected chi connectivity index (χ4v) is 2.36. The molecule has 0 bridgehead atoms. The Kier molecular flexibility index (Phi) is 4.62. The molecule has 0 heterocycles. The minimum atomic E-state index is 1.01. The molecule has 0 aliphatic rings. The number of aryl methyl sites for hydroxylation is 1. The van der Waals surface area contributed by atoms with Gasteiger partial charge in [0.05, 0.1) is 0 Å². The van der Waals surface area contributed by atoms with Gasteiger partial charge in [-0.15, -0.1) is 0 Å². The molecule has 0 unspecified atom stereocenters. The molecule has 0 spiro atoms. The van der Waals surface area contributed by atoms with Crippen molar-refractivity contribution in [3.05, 3.63) is 65.2 Å². The minimum Gasteiger partial charge on any atom is -0.372 e. The average molecular weight is 253 g/mol. The van der Waals surface area contributed by atoms with Crippen LogP contribution >= 0.6 is 0 Å². The van der Waals surface area contributed by atoms with Crippen LogP contribution in [0, 0.1) is 6.92 Å². The van der Waals surface area contributed by atoms with Crippen LogP contribution in [0.1, 0.15) is 30.5 Å². The molecule has 0 N–H and O–H groups in total. The van der Waals surface area contributed by atoms with Crippen molar-refractivity contribution >= 4 is 5.69 Å². The van der Waals surface area contributed by atoms with Gasteiger partial charge in [0.15, 0.2) is 0 Å². The third-order valence-electron chi connectivity index (χ3n) is 3.59. The molecule has 0 aliphatic carbocycles. The molecule has 0 amide bonds. The van der Waals surface area contributed by atoms with E-state index in [2.05, 4.69) is 74.2 Å². The fourth-order valence-electron chi connectivity index (χ4n) is 2.36. The van der Waals surface area contributed by atoms with E-state index in [0.29, 0.717) is 0 Å². The maximum Gasteiger partial charge on any atom is 0.0366 e. The molecular weight excluding hydrogens is 230 g/mol. The van der Waals surface area contributed by atoms with Gasteiger partial charge in [-0.05, 0) is 50.5 Å². The first-order valence-corrected chi connectivity index (χ1v) is 7.12. The quantitative estimate of drug-likeness (QED) is 0.762. The topological polar surface area (TPSA) is 3.24 Å². The number of nitrogens with zero attached hydrogens (tertiary/aromatic N) is 1. The summed E-state index contributed by atoms with van der Waals surface area (Å²) in [5.74, 6) is 0. The van der Waals surface area contributed by atoms with Gasteiger partial charge < -0.3 is 4.90 Å². The second-order valence-corrected chi connectivity index (χ2v) is 5.00. The summed E-state index contributed by atoms with van der Waals surface area (Å²) in [7, 11) is 0. The smallest absolute Gasteiger partial charge is 0.0366 e. The molecule has 0 saturated heterocycles. The van der Waals surface area contributed by atoms with Gasteiger partial charge >= 0.3 is 0 Å². The third kappa shape index (κ3) is 3.60. The lowest BCUT2D eigenvalue weighted by Crippen LogP contribution is -2.21. The second-order valence-electron chi connectivity index (χ2n) is 5.00. The predicted molar refractivity (Wildman–Crippen MR) is 84.0 cm³/mol. The Hall–Kier alpha value is -1.76. The van der Waals surface area contributed by atoms with Crippen molar-refractivity contribution in [1.29, 1.82) is 0 Å². The van der Waals surface area contributed by atoms with Gasteiger partial charge in [0.1, 0.15) is 0 Å². The van der Waals surface area contributed by atoms with E-state index >= 15 is 0 Å². The Morgan fingerprint density at radius 2 is 1.21 bits per heavy atom. The molecule has 0 radical (unpaired) electrons. The molecule has 0 aromatic heterocycles. The summed E-state index contributed by atoms with van der Waals surface area (Å²) in [5.41, 5.74) is 5.39. The summed E-state index contributed by atoms with van der Waals surface area (Å²) in [4.78, 5) is 2.37. The Morgan fingerprint density at radius 3 is 1.68 bits per heavy atom. The van der Waals surface area contributed by atoms with Crippen LogP contribution in [0.3, 0.4) is 0 Å². The van der Waals surface area contributed by atoms with E-state index in [4.69, 9.17) is 0 Å². The van der Waals surface area contributed by atoms with Crippen molar-refractivity contribution < 1.29 is 0 Å². The van der Waals surface area contributed by atoms with E-state index < -0.39 is 0 Å². The first-order chi connectivity index (χ1) is 9.22. The fraction of sp³-hybridized carbons (Fsp3) is 0.333. The van der Waals surface area contributed by atoms with Crippen LogP contribution < -0.4 is 4.90 Å². The maximum absolute atomic E-state index is 2.37. The second kappa shape index (κ2) is 6.42. The normalized spacial score (nSPS) is 10.5. The van der Waals surface area contributed by atoms with Crippen LogP contribution in [0.4, 0.5) is 5.69 Å². The molecule has 0 aliphatic heterocycles. The van der Waals surface area contributed by atoms with Gasteiger partial charge in [-0.3, -0.25) is 0 Å². The van der Waals surface area contributed by atoms with Gasteiger partial charge in [0, 0.05) is 18.8 Å². The standard InChI is InChI=1S/C18H23N/c1-4-19(5-2)18-12-10-17(11-13-18)14-16-8-6-15(3)7-9-16/h6-13H,4-5,14H2,1-3H3. The summed E-state index contributed by atoms with van der Waals surface area (Å²) in [5, 5.41) is 0. The summed E-state index contributed by atoms with van der Waals surface area (Å²) in [6, 6.07) is 17.7. The summed E-state index contributed by atoms with van der Waals surface area (Å²) in [6.45, 7) is 8.65. The van der Waals surface area contributed by atoms with Crippen LogP contribution in [0.15, 0.2) is 48.5 Å². The highest BCUT2D eigenvalue weighted by Gasteiger charge is 2.02. The van der Waals surface area contributed by atoms with Gasteiger partial charge in [0.25, 0.3) is 0 Å². The molecule has 2 rings (SSSR count). The summed E-state index contributed by atoms with van der Waals surface area (Å²) in [6.07, 6.45) is 1.01. The Labute approximate surface area is 116 Å². The van der Waals surface area contributed by atoms with Gasteiger partial charge in [-0.2, -0.15) is 0 Å². The van der Waals surface area contributed by atoms with Gasteiger partial charge in [-0.1, -0.05) is 42.0 Å². The number of rotatable bonds is 5. The van der Waals surface area contributed by atoms with Crippen LogP contribution in [-0.4, -0.2) is 13.1 Å².